The first-order valence-corrected chi connectivity index (χ1v) is 6.50. The molecule has 0 aliphatic heterocycles. The standard InChI is InChI=1S/C15H20FNO4/c1-15(2,3)21-12(18)8-11(17)9-6-5-7-10(13(9)16)14(19)20-4/h5-7,11H,8,17H2,1-4H3. The monoisotopic (exact) mass is 297 g/mol. The van der Waals surface area contributed by atoms with E-state index in [1.54, 1.807) is 20.8 Å². The summed E-state index contributed by atoms with van der Waals surface area (Å²) in [5.74, 6) is -2.10. The van der Waals surface area contributed by atoms with Gasteiger partial charge in [-0.15, -0.1) is 0 Å². The molecule has 0 spiro atoms. The average molecular weight is 297 g/mol. The SMILES string of the molecule is COC(=O)c1cccc(C(N)CC(=O)OC(C)(C)C)c1F. The van der Waals surface area contributed by atoms with Crippen molar-refractivity contribution in [3.05, 3.63) is 35.1 Å². The fourth-order valence-electron chi connectivity index (χ4n) is 1.78. The highest BCUT2D eigenvalue weighted by Gasteiger charge is 2.23. The number of benzene rings is 1. The first-order chi connectivity index (χ1) is 9.65. The Morgan fingerprint density at radius 1 is 1.33 bits per heavy atom. The largest absolute Gasteiger partial charge is 0.465 e. The maximum Gasteiger partial charge on any atom is 0.340 e. The van der Waals surface area contributed by atoms with Crippen LogP contribution >= 0.6 is 0 Å². The number of carbonyl (C=O) groups is 2. The summed E-state index contributed by atoms with van der Waals surface area (Å²) >= 11 is 0. The van der Waals surface area contributed by atoms with Crippen molar-refractivity contribution in [2.75, 3.05) is 7.11 Å². The molecule has 0 bridgehead atoms. The Labute approximate surface area is 123 Å². The van der Waals surface area contributed by atoms with Gasteiger partial charge in [0.15, 0.2) is 0 Å². The van der Waals surface area contributed by atoms with Crippen LogP contribution in [0, 0.1) is 5.82 Å². The molecule has 1 unspecified atom stereocenters. The zero-order valence-corrected chi connectivity index (χ0v) is 12.6. The van der Waals surface area contributed by atoms with Gasteiger partial charge in [-0.1, -0.05) is 12.1 Å². The van der Waals surface area contributed by atoms with Gasteiger partial charge in [-0.25, -0.2) is 9.18 Å². The minimum absolute atomic E-state index is 0.0729. The molecule has 0 aliphatic rings. The minimum Gasteiger partial charge on any atom is -0.465 e. The molecular weight excluding hydrogens is 277 g/mol. The number of halogens is 1. The molecule has 1 aromatic rings. The Hall–Kier alpha value is -1.95. The van der Waals surface area contributed by atoms with Crippen molar-refractivity contribution in [3.63, 3.8) is 0 Å². The lowest BCUT2D eigenvalue weighted by atomic mass is 10.0. The van der Waals surface area contributed by atoms with Crippen LogP contribution in [-0.2, 0) is 14.3 Å². The van der Waals surface area contributed by atoms with Gasteiger partial charge in [0.05, 0.1) is 19.1 Å². The maximum atomic E-state index is 14.2. The van der Waals surface area contributed by atoms with E-state index < -0.39 is 29.4 Å². The van der Waals surface area contributed by atoms with Gasteiger partial charge < -0.3 is 15.2 Å². The Morgan fingerprint density at radius 3 is 2.48 bits per heavy atom. The number of carbonyl (C=O) groups excluding carboxylic acids is 2. The summed E-state index contributed by atoms with van der Waals surface area (Å²) in [5.41, 5.74) is 5.06. The average Bonchev–Trinajstić information content (AvgIpc) is 2.35. The third-order valence-corrected chi connectivity index (χ3v) is 2.64. The smallest absolute Gasteiger partial charge is 0.340 e. The molecule has 2 N–H and O–H groups in total. The Bertz CT molecular complexity index is 537. The zero-order valence-electron chi connectivity index (χ0n) is 12.6. The van der Waals surface area contributed by atoms with Gasteiger partial charge in [0.2, 0.25) is 0 Å². The number of nitrogens with two attached hydrogens (primary N) is 1. The molecule has 0 heterocycles. The van der Waals surface area contributed by atoms with Crippen molar-refractivity contribution in [2.24, 2.45) is 5.73 Å². The zero-order chi connectivity index (χ0) is 16.2. The molecule has 0 amide bonds. The number of hydrogen-bond donors (Lipinski definition) is 1. The van der Waals surface area contributed by atoms with Crippen LogP contribution in [0.4, 0.5) is 4.39 Å². The fraction of sp³-hybridized carbons (Fsp3) is 0.467. The summed E-state index contributed by atoms with van der Waals surface area (Å²) in [6, 6.07) is 3.31. The molecule has 1 rings (SSSR count). The minimum atomic E-state index is -0.899. The predicted molar refractivity (Wildman–Crippen MR) is 75.1 cm³/mol. The molecule has 0 fully saturated rings. The summed E-state index contributed by atoms with van der Waals surface area (Å²) in [7, 11) is 1.16. The molecular formula is C15H20FNO4. The summed E-state index contributed by atoms with van der Waals surface area (Å²) in [4.78, 5) is 23.1. The Kier molecular flexibility index (Phi) is 5.43. The summed E-state index contributed by atoms with van der Waals surface area (Å²) < 4.78 is 23.8. The number of rotatable bonds is 4. The predicted octanol–water partition coefficient (Wildman–Crippen LogP) is 2.34. The lowest BCUT2D eigenvalue weighted by Gasteiger charge is -2.21. The third kappa shape index (κ3) is 4.82. The van der Waals surface area contributed by atoms with E-state index in [1.807, 2.05) is 0 Å². The van der Waals surface area contributed by atoms with Gasteiger partial charge in [-0.3, -0.25) is 4.79 Å². The molecule has 0 aromatic heterocycles. The van der Waals surface area contributed by atoms with Crippen LogP contribution < -0.4 is 5.73 Å². The Balaban J connectivity index is 2.91. The number of hydrogen-bond acceptors (Lipinski definition) is 5. The molecule has 0 saturated carbocycles. The van der Waals surface area contributed by atoms with E-state index in [2.05, 4.69) is 4.74 Å². The van der Waals surface area contributed by atoms with E-state index >= 15 is 0 Å². The number of methoxy groups -OCH3 is 1. The van der Waals surface area contributed by atoms with E-state index in [-0.39, 0.29) is 17.5 Å². The van der Waals surface area contributed by atoms with Crippen molar-refractivity contribution in [1.82, 2.24) is 0 Å². The van der Waals surface area contributed by atoms with Crippen molar-refractivity contribution in [3.8, 4) is 0 Å². The number of esters is 2. The first kappa shape index (κ1) is 17.1. The van der Waals surface area contributed by atoms with E-state index in [9.17, 15) is 14.0 Å². The van der Waals surface area contributed by atoms with Crippen LogP contribution in [0.1, 0.15) is 49.2 Å². The topological polar surface area (TPSA) is 78.6 Å². The molecule has 0 radical (unpaired) electrons. The van der Waals surface area contributed by atoms with E-state index in [1.165, 1.54) is 18.2 Å². The number of ether oxygens (including phenoxy) is 2. The highest BCUT2D eigenvalue weighted by Crippen LogP contribution is 2.22. The van der Waals surface area contributed by atoms with Gasteiger partial charge in [-0.2, -0.15) is 0 Å². The lowest BCUT2D eigenvalue weighted by molar-refractivity contribution is -0.155. The highest BCUT2D eigenvalue weighted by molar-refractivity contribution is 5.89. The quantitative estimate of drug-likeness (QED) is 0.863. The lowest BCUT2D eigenvalue weighted by Crippen LogP contribution is -2.27. The van der Waals surface area contributed by atoms with Crippen molar-refractivity contribution in [2.45, 2.75) is 38.8 Å². The van der Waals surface area contributed by atoms with Crippen LogP contribution in [0.25, 0.3) is 0 Å². The third-order valence-electron chi connectivity index (χ3n) is 2.64. The molecule has 5 nitrogen and oxygen atoms in total. The first-order valence-electron chi connectivity index (χ1n) is 6.50. The summed E-state index contributed by atoms with van der Waals surface area (Å²) in [6.07, 6.45) is -0.182. The van der Waals surface area contributed by atoms with Crippen molar-refractivity contribution >= 4 is 11.9 Å². The highest BCUT2D eigenvalue weighted by atomic mass is 19.1. The Morgan fingerprint density at radius 2 is 1.95 bits per heavy atom. The molecule has 6 heteroatoms. The van der Waals surface area contributed by atoms with Gasteiger partial charge in [0, 0.05) is 11.6 Å². The van der Waals surface area contributed by atoms with Crippen LogP contribution in [0.5, 0.6) is 0 Å². The summed E-state index contributed by atoms with van der Waals surface area (Å²) in [6.45, 7) is 5.19. The van der Waals surface area contributed by atoms with Gasteiger partial charge in [0.1, 0.15) is 11.4 Å². The van der Waals surface area contributed by atoms with Crippen LogP contribution in [0.15, 0.2) is 18.2 Å². The molecule has 1 aromatic carbocycles. The van der Waals surface area contributed by atoms with Gasteiger partial charge in [0.25, 0.3) is 0 Å². The second kappa shape index (κ2) is 6.67. The second-order valence-corrected chi connectivity index (χ2v) is 5.60. The molecule has 21 heavy (non-hydrogen) atoms. The fourth-order valence-corrected chi connectivity index (χ4v) is 1.78. The molecule has 116 valence electrons. The normalized spacial score (nSPS) is 12.7. The van der Waals surface area contributed by atoms with E-state index in [0.29, 0.717) is 0 Å². The van der Waals surface area contributed by atoms with Crippen LogP contribution in [0.2, 0.25) is 0 Å². The van der Waals surface area contributed by atoms with E-state index in [4.69, 9.17) is 10.5 Å². The van der Waals surface area contributed by atoms with Gasteiger partial charge in [-0.05, 0) is 26.8 Å². The van der Waals surface area contributed by atoms with Crippen molar-refractivity contribution < 1.29 is 23.5 Å². The summed E-state index contributed by atoms with van der Waals surface area (Å²) in [5, 5.41) is 0. The molecule has 1 atom stereocenters. The van der Waals surface area contributed by atoms with Crippen LogP contribution in [-0.4, -0.2) is 24.6 Å². The maximum absolute atomic E-state index is 14.2. The van der Waals surface area contributed by atoms with Gasteiger partial charge >= 0.3 is 11.9 Å². The molecule has 0 aliphatic carbocycles. The molecule has 0 saturated heterocycles. The van der Waals surface area contributed by atoms with Crippen molar-refractivity contribution in [1.29, 1.82) is 0 Å². The van der Waals surface area contributed by atoms with Crippen LogP contribution in [0.3, 0.4) is 0 Å². The van der Waals surface area contributed by atoms with E-state index in [0.717, 1.165) is 7.11 Å². The second-order valence-electron chi connectivity index (χ2n) is 5.60.